The van der Waals surface area contributed by atoms with Crippen molar-refractivity contribution in [3.8, 4) is 5.88 Å². The zero-order chi connectivity index (χ0) is 10.2. The van der Waals surface area contributed by atoms with Crippen LogP contribution < -0.4 is 10.1 Å². The molecular formula is C10H17N3O. The molecule has 0 atom stereocenters. The van der Waals surface area contributed by atoms with Crippen molar-refractivity contribution in [2.75, 3.05) is 19.0 Å². The van der Waals surface area contributed by atoms with Crippen molar-refractivity contribution in [2.24, 2.45) is 12.5 Å². The van der Waals surface area contributed by atoms with Crippen molar-refractivity contribution in [1.29, 1.82) is 0 Å². The Morgan fingerprint density at radius 1 is 1.64 bits per heavy atom. The highest BCUT2D eigenvalue weighted by Crippen LogP contribution is 2.44. The summed E-state index contributed by atoms with van der Waals surface area (Å²) in [7, 11) is 3.53. The number of hydrogen-bond acceptors (Lipinski definition) is 3. The van der Waals surface area contributed by atoms with Crippen molar-refractivity contribution in [2.45, 2.75) is 19.8 Å². The Morgan fingerprint density at radius 2 is 2.36 bits per heavy atom. The number of aromatic nitrogens is 2. The standard InChI is InChI=1S/C10H17N3O/c1-10(4-5-10)7-11-8-6-9(14-3)13(2)12-8/h6H,4-5,7H2,1-3H3,(H,11,12). The highest BCUT2D eigenvalue weighted by atomic mass is 16.5. The van der Waals surface area contributed by atoms with Crippen LogP contribution in [-0.4, -0.2) is 23.4 Å². The molecule has 0 aliphatic heterocycles. The third kappa shape index (κ3) is 1.84. The van der Waals surface area contributed by atoms with Crippen LogP contribution in [0.15, 0.2) is 6.07 Å². The second kappa shape index (κ2) is 3.19. The first-order valence-electron chi connectivity index (χ1n) is 4.95. The molecule has 0 spiro atoms. The Hall–Kier alpha value is -1.19. The van der Waals surface area contributed by atoms with E-state index >= 15 is 0 Å². The largest absolute Gasteiger partial charge is 0.481 e. The molecule has 14 heavy (non-hydrogen) atoms. The fourth-order valence-electron chi connectivity index (χ4n) is 1.42. The summed E-state index contributed by atoms with van der Waals surface area (Å²) in [5.74, 6) is 1.69. The van der Waals surface area contributed by atoms with E-state index in [0.29, 0.717) is 5.41 Å². The van der Waals surface area contributed by atoms with Crippen LogP contribution in [0.2, 0.25) is 0 Å². The van der Waals surface area contributed by atoms with E-state index in [9.17, 15) is 0 Å². The molecule has 1 aliphatic rings. The molecule has 1 aromatic rings. The van der Waals surface area contributed by atoms with Gasteiger partial charge in [0.25, 0.3) is 0 Å². The smallest absolute Gasteiger partial charge is 0.213 e. The summed E-state index contributed by atoms with van der Waals surface area (Å²) in [6.45, 7) is 3.30. The molecule has 1 aliphatic carbocycles. The molecule has 0 unspecified atom stereocenters. The van der Waals surface area contributed by atoms with Crippen LogP contribution >= 0.6 is 0 Å². The molecule has 1 saturated carbocycles. The topological polar surface area (TPSA) is 39.1 Å². The van der Waals surface area contributed by atoms with Crippen molar-refractivity contribution in [3.05, 3.63) is 6.07 Å². The Balaban J connectivity index is 1.95. The molecule has 0 bridgehead atoms. The van der Waals surface area contributed by atoms with Crippen LogP contribution in [0.25, 0.3) is 0 Å². The van der Waals surface area contributed by atoms with Gasteiger partial charge >= 0.3 is 0 Å². The molecule has 1 N–H and O–H groups in total. The van der Waals surface area contributed by atoms with E-state index in [-0.39, 0.29) is 0 Å². The summed E-state index contributed by atoms with van der Waals surface area (Å²) in [4.78, 5) is 0. The fraction of sp³-hybridized carbons (Fsp3) is 0.700. The minimum Gasteiger partial charge on any atom is -0.481 e. The summed E-state index contributed by atoms with van der Waals surface area (Å²) >= 11 is 0. The van der Waals surface area contributed by atoms with Crippen molar-refractivity contribution in [3.63, 3.8) is 0 Å². The summed E-state index contributed by atoms with van der Waals surface area (Å²) < 4.78 is 6.87. The number of ether oxygens (including phenoxy) is 1. The van der Waals surface area contributed by atoms with Crippen molar-refractivity contribution < 1.29 is 4.74 Å². The number of anilines is 1. The third-order valence-electron chi connectivity index (χ3n) is 2.85. The van der Waals surface area contributed by atoms with Crippen LogP contribution in [0.3, 0.4) is 0 Å². The number of hydrogen-bond donors (Lipinski definition) is 1. The average Bonchev–Trinajstić information content (AvgIpc) is 2.77. The first kappa shape index (κ1) is 9.37. The first-order chi connectivity index (χ1) is 6.63. The van der Waals surface area contributed by atoms with Gasteiger partial charge in [0.15, 0.2) is 5.82 Å². The number of nitrogens with zero attached hydrogens (tertiary/aromatic N) is 2. The highest BCUT2D eigenvalue weighted by molar-refractivity contribution is 5.39. The quantitative estimate of drug-likeness (QED) is 0.793. The van der Waals surface area contributed by atoms with Crippen molar-refractivity contribution in [1.82, 2.24) is 9.78 Å². The molecule has 0 amide bonds. The van der Waals surface area contributed by atoms with Gasteiger partial charge in [-0.3, -0.25) is 0 Å². The van der Waals surface area contributed by atoms with Gasteiger partial charge in [-0.05, 0) is 18.3 Å². The zero-order valence-electron chi connectivity index (χ0n) is 9.00. The van der Waals surface area contributed by atoms with Gasteiger partial charge < -0.3 is 10.1 Å². The second-order valence-corrected chi connectivity index (χ2v) is 4.36. The van der Waals surface area contributed by atoms with Gasteiger partial charge in [-0.2, -0.15) is 5.10 Å². The Kier molecular flexibility index (Phi) is 2.13. The van der Waals surface area contributed by atoms with Gasteiger partial charge in [0.2, 0.25) is 5.88 Å². The monoisotopic (exact) mass is 195 g/mol. The van der Waals surface area contributed by atoms with Gasteiger partial charge in [0.05, 0.1) is 7.11 Å². The lowest BCUT2D eigenvalue weighted by atomic mass is 10.1. The van der Waals surface area contributed by atoms with E-state index in [2.05, 4.69) is 17.3 Å². The van der Waals surface area contributed by atoms with Gasteiger partial charge in [-0.1, -0.05) is 6.92 Å². The van der Waals surface area contributed by atoms with Gasteiger partial charge in [0, 0.05) is 19.7 Å². The van der Waals surface area contributed by atoms with Crippen LogP contribution in [0.4, 0.5) is 5.82 Å². The van der Waals surface area contributed by atoms with Crippen LogP contribution in [0.5, 0.6) is 5.88 Å². The lowest BCUT2D eigenvalue weighted by Gasteiger charge is -2.07. The number of nitrogens with one attached hydrogen (secondary N) is 1. The predicted molar refractivity (Wildman–Crippen MR) is 55.6 cm³/mol. The molecule has 0 saturated heterocycles. The van der Waals surface area contributed by atoms with Crippen LogP contribution in [0, 0.1) is 5.41 Å². The summed E-state index contributed by atoms with van der Waals surface area (Å²) in [5, 5.41) is 7.62. The summed E-state index contributed by atoms with van der Waals surface area (Å²) in [6.07, 6.45) is 2.65. The molecule has 1 aromatic heterocycles. The number of rotatable bonds is 4. The zero-order valence-corrected chi connectivity index (χ0v) is 9.00. The fourth-order valence-corrected chi connectivity index (χ4v) is 1.42. The number of methoxy groups -OCH3 is 1. The Bertz CT molecular complexity index is 328. The molecule has 4 nitrogen and oxygen atoms in total. The highest BCUT2D eigenvalue weighted by Gasteiger charge is 2.36. The Labute approximate surface area is 84.3 Å². The van der Waals surface area contributed by atoms with Crippen LogP contribution in [0.1, 0.15) is 19.8 Å². The maximum Gasteiger partial charge on any atom is 0.213 e. The molecule has 1 heterocycles. The third-order valence-corrected chi connectivity index (χ3v) is 2.85. The summed E-state index contributed by atoms with van der Waals surface area (Å²) in [5.41, 5.74) is 0.505. The normalized spacial score (nSPS) is 17.9. The SMILES string of the molecule is COc1cc(NCC2(C)CC2)nn1C. The molecule has 0 aromatic carbocycles. The number of aryl methyl sites for hydroxylation is 1. The lowest BCUT2D eigenvalue weighted by molar-refractivity contribution is 0.373. The van der Waals surface area contributed by atoms with Gasteiger partial charge in [-0.15, -0.1) is 0 Å². The van der Waals surface area contributed by atoms with Gasteiger partial charge in [-0.25, -0.2) is 4.68 Å². The van der Waals surface area contributed by atoms with E-state index in [1.165, 1.54) is 12.8 Å². The van der Waals surface area contributed by atoms with Crippen molar-refractivity contribution >= 4 is 5.82 Å². The van der Waals surface area contributed by atoms with E-state index in [4.69, 9.17) is 4.74 Å². The average molecular weight is 195 g/mol. The van der Waals surface area contributed by atoms with E-state index < -0.39 is 0 Å². The molecule has 1 fully saturated rings. The van der Waals surface area contributed by atoms with E-state index in [1.54, 1.807) is 11.8 Å². The van der Waals surface area contributed by atoms with E-state index in [0.717, 1.165) is 18.2 Å². The Morgan fingerprint density at radius 3 is 2.86 bits per heavy atom. The predicted octanol–water partition coefficient (Wildman–Crippen LogP) is 1.64. The van der Waals surface area contributed by atoms with E-state index in [1.807, 2.05) is 13.1 Å². The first-order valence-corrected chi connectivity index (χ1v) is 4.95. The molecule has 78 valence electrons. The lowest BCUT2D eigenvalue weighted by Crippen LogP contribution is -2.12. The molecule has 0 radical (unpaired) electrons. The molecular weight excluding hydrogens is 178 g/mol. The minimum atomic E-state index is 0.505. The minimum absolute atomic E-state index is 0.505. The summed E-state index contributed by atoms with van der Waals surface area (Å²) in [6, 6.07) is 1.92. The second-order valence-electron chi connectivity index (χ2n) is 4.36. The molecule has 4 heteroatoms. The van der Waals surface area contributed by atoms with Gasteiger partial charge in [0.1, 0.15) is 0 Å². The molecule has 2 rings (SSSR count). The maximum atomic E-state index is 5.13. The van der Waals surface area contributed by atoms with Crippen LogP contribution in [-0.2, 0) is 7.05 Å². The maximum absolute atomic E-state index is 5.13.